The molecule has 0 radical (unpaired) electrons. The summed E-state index contributed by atoms with van der Waals surface area (Å²) in [5, 5.41) is 11.6. The van der Waals surface area contributed by atoms with Crippen LogP contribution in [0.5, 0.6) is 0 Å². The molecule has 2 N–H and O–H groups in total. The number of alkyl carbamates (subject to hydrolysis) is 1. The molecule has 30 heavy (non-hydrogen) atoms. The van der Waals surface area contributed by atoms with Crippen molar-refractivity contribution in [3.05, 3.63) is 94.8 Å². The van der Waals surface area contributed by atoms with Crippen LogP contribution in [0.2, 0.25) is 0 Å². The average molecular weight is 405 g/mol. The van der Waals surface area contributed by atoms with Crippen LogP contribution in [0.1, 0.15) is 45.9 Å². The van der Waals surface area contributed by atoms with E-state index in [0.29, 0.717) is 0 Å². The predicted octanol–water partition coefficient (Wildman–Crippen LogP) is 5.12. The molecule has 0 saturated heterocycles. The number of hydrogen-bond donors (Lipinski definition) is 2. The molecular formula is C24H20FNO4. The zero-order valence-corrected chi connectivity index (χ0v) is 16.3. The summed E-state index contributed by atoms with van der Waals surface area (Å²) in [7, 11) is 0. The van der Waals surface area contributed by atoms with Crippen LogP contribution >= 0.6 is 0 Å². The Kier molecular flexibility index (Phi) is 5.23. The summed E-state index contributed by atoms with van der Waals surface area (Å²) in [5.74, 6) is -1.97. The first-order valence-electron chi connectivity index (χ1n) is 9.60. The summed E-state index contributed by atoms with van der Waals surface area (Å²) in [6, 6.07) is 19.0. The first-order valence-corrected chi connectivity index (χ1v) is 9.60. The van der Waals surface area contributed by atoms with Crippen LogP contribution < -0.4 is 5.32 Å². The Morgan fingerprint density at radius 1 is 1.03 bits per heavy atom. The van der Waals surface area contributed by atoms with Gasteiger partial charge in [-0.25, -0.2) is 14.0 Å². The minimum absolute atomic E-state index is 0.0648. The second-order valence-electron chi connectivity index (χ2n) is 7.23. The number of benzene rings is 3. The van der Waals surface area contributed by atoms with E-state index in [1.807, 2.05) is 36.4 Å². The zero-order valence-electron chi connectivity index (χ0n) is 16.3. The van der Waals surface area contributed by atoms with Crippen molar-refractivity contribution in [3.8, 4) is 11.1 Å². The minimum Gasteiger partial charge on any atom is -0.478 e. The SMILES string of the molecule is C[C@@H](NC(=O)OCC1c2ccccc2-c2ccccc21)c1ccc(C(=O)O)cc1F. The van der Waals surface area contributed by atoms with Crippen LogP contribution in [0.15, 0.2) is 66.7 Å². The quantitative estimate of drug-likeness (QED) is 0.618. The van der Waals surface area contributed by atoms with E-state index in [1.165, 1.54) is 12.1 Å². The van der Waals surface area contributed by atoms with Crippen molar-refractivity contribution in [3.63, 3.8) is 0 Å². The molecule has 3 aromatic rings. The van der Waals surface area contributed by atoms with Crippen molar-refractivity contribution in [1.82, 2.24) is 5.32 Å². The highest BCUT2D eigenvalue weighted by atomic mass is 19.1. The van der Waals surface area contributed by atoms with Crippen LogP contribution in [0.3, 0.4) is 0 Å². The van der Waals surface area contributed by atoms with E-state index >= 15 is 0 Å². The molecule has 1 aliphatic rings. The standard InChI is InChI=1S/C24H20FNO4/c1-14(16-11-10-15(23(27)28)12-22(16)25)26-24(29)30-13-21-19-8-4-2-6-17(19)18-7-3-5-9-20(18)21/h2-12,14,21H,13H2,1H3,(H,26,29)(H,27,28)/t14-/m1/s1. The van der Waals surface area contributed by atoms with E-state index < -0.39 is 23.9 Å². The molecule has 1 atom stereocenters. The van der Waals surface area contributed by atoms with E-state index in [-0.39, 0.29) is 23.7 Å². The van der Waals surface area contributed by atoms with Gasteiger partial charge in [-0.2, -0.15) is 0 Å². The van der Waals surface area contributed by atoms with E-state index in [2.05, 4.69) is 17.4 Å². The Bertz CT molecular complexity index is 1080. The minimum atomic E-state index is -1.21. The molecule has 0 aliphatic heterocycles. The van der Waals surface area contributed by atoms with Crippen molar-refractivity contribution < 1.29 is 23.8 Å². The van der Waals surface area contributed by atoms with Crippen molar-refractivity contribution in [1.29, 1.82) is 0 Å². The molecule has 0 bridgehead atoms. The Labute approximate surface area is 173 Å². The van der Waals surface area contributed by atoms with E-state index in [4.69, 9.17) is 9.84 Å². The van der Waals surface area contributed by atoms with Gasteiger partial charge in [0, 0.05) is 11.5 Å². The number of halogens is 1. The molecule has 4 rings (SSSR count). The summed E-state index contributed by atoms with van der Waals surface area (Å²) in [4.78, 5) is 23.3. The second-order valence-corrected chi connectivity index (χ2v) is 7.23. The molecule has 0 fully saturated rings. The average Bonchev–Trinajstić information content (AvgIpc) is 3.06. The van der Waals surface area contributed by atoms with Gasteiger partial charge in [-0.1, -0.05) is 54.6 Å². The van der Waals surface area contributed by atoms with Crippen molar-refractivity contribution in [2.24, 2.45) is 0 Å². The van der Waals surface area contributed by atoms with Gasteiger partial charge >= 0.3 is 12.1 Å². The number of hydrogen-bond acceptors (Lipinski definition) is 3. The molecule has 0 unspecified atom stereocenters. The highest BCUT2D eigenvalue weighted by molar-refractivity contribution is 5.87. The third-order valence-corrected chi connectivity index (χ3v) is 5.39. The number of carbonyl (C=O) groups is 2. The van der Waals surface area contributed by atoms with Crippen molar-refractivity contribution >= 4 is 12.1 Å². The maximum absolute atomic E-state index is 14.2. The number of rotatable bonds is 5. The van der Waals surface area contributed by atoms with E-state index in [0.717, 1.165) is 28.3 Å². The van der Waals surface area contributed by atoms with Crippen LogP contribution in [0, 0.1) is 5.82 Å². The van der Waals surface area contributed by atoms with E-state index in [1.54, 1.807) is 6.92 Å². The summed E-state index contributed by atoms with van der Waals surface area (Å²) in [6.07, 6.45) is -0.661. The summed E-state index contributed by atoms with van der Waals surface area (Å²) in [6.45, 7) is 1.77. The first kappa shape index (κ1) is 19.6. The number of aromatic carboxylic acids is 1. The Morgan fingerprint density at radius 3 is 2.20 bits per heavy atom. The van der Waals surface area contributed by atoms with Gasteiger partial charge in [0.2, 0.25) is 0 Å². The smallest absolute Gasteiger partial charge is 0.407 e. The lowest BCUT2D eigenvalue weighted by atomic mass is 9.98. The maximum Gasteiger partial charge on any atom is 0.407 e. The Balaban J connectivity index is 1.44. The lowest BCUT2D eigenvalue weighted by Gasteiger charge is -2.18. The Hall–Kier alpha value is -3.67. The fourth-order valence-corrected chi connectivity index (χ4v) is 3.91. The molecule has 1 amide bonds. The lowest BCUT2D eigenvalue weighted by Crippen LogP contribution is -2.29. The van der Waals surface area contributed by atoms with Gasteiger partial charge in [0.15, 0.2) is 0 Å². The molecule has 152 valence electrons. The highest BCUT2D eigenvalue weighted by Crippen LogP contribution is 2.44. The van der Waals surface area contributed by atoms with Gasteiger partial charge < -0.3 is 15.2 Å². The monoisotopic (exact) mass is 405 g/mol. The highest BCUT2D eigenvalue weighted by Gasteiger charge is 2.29. The molecule has 5 nitrogen and oxygen atoms in total. The number of nitrogens with one attached hydrogen (secondary N) is 1. The molecule has 0 heterocycles. The molecule has 0 aromatic heterocycles. The molecule has 0 spiro atoms. The molecule has 1 aliphatic carbocycles. The van der Waals surface area contributed by atoms with Gasteiger partial charge in [0.05, 0.1) is 11.6 Å². The number of amides is 1. The van der Waals surface area contributed by atoms with Crippen LogP contribution in [0.25, 0.3) is 11.1 Å². The largest absolute Gasteiger partial charge is 0.478 e. The van der Waals surface area contributed by atoms with Gasteiger partial charge in [0.25, 0.3) is 0 Å². The fraction of sp³-hybridized carbons (Fsp3) is 0.167. The Morgan fingerprint density at radius 2 is 1.63 bits per heavy atom. The molecule has 6 heteroatoms. The third-order valence-electron chi connectivity index (χ3n) is 5.39. The molecular weight excluding hydrogens is 385 g/mol. The molecule has 0 saturated carbocycles. The second kappa shape index (κ2) is 7.99. The zero-order chi connectivity index (χ0) is 21.3. The number of fused-ring (bicyclic) bond motifs is 3. The van der Waals surface area contributed by atoms with Crippen molar-refractivity contribution in [2.75, 3.05) is 6.61 Å². The van der Waals surface area contributed by atoms with Gasteiger partial charge in [0.1, 0.15) is 12.4 Å². The predicted molar refractivity (Wildman–Crippen MR) is 110 cm³/mol. The van der Waals surface area contributed by atoms with Crippen LogP contribution in [-0.4, -0.2) is 23.8 Å². The van der Waals surface area contributed by atoms with Crippen molar-refractivity contribution in [2.45, 2.75) is 18.9 Å². The topological polar surface area (TPSA) is 75.6 Å². The maximum atomic E-state index is 14.2. The summed E-state index contributed by atoms with van der Waals surface area (Å²) >= 11 is 0. The first-order chi connectivity index (χ1) is 14.5. The van der Waals surface area contributed by atoms with Gasteiger partial charge in [-0.15, -0.1) is 0 Å². The summed E-state index contributed by atoms with van der Waals surface area (Å²) < 4.78 is 19.7. The van der Waals surface area contributed by atoms with Gasteiger partial charge in [-0.05, 0) is 41.3 Å². The normalized spacial score (nSPS) is 13.3. The lowest BCUT2D eigenvalue weighted by molar-refractivity contribution is 0.0696. The third kappa shape index (κ3) is 3.64. The number of carbonyl (C=O) groups excluding carboxylic acids is 1. The van der Waals surface area contributed by atoms with Crippen LogP contribution in [-0.2, 0) is 4.74 Å². The fourth-order valence-electron chi connectivity index (χ4n) is 3.91. The number of carboxylic acids is 1. The number of carboxylic acid groups (broad SMARTS) is 1. The summed E-state index contributed by atoms with van der Waals surface area (Å²) in [5.41, 5.74) is 4.52. The van der Waals surface area contributed by atoms with Crippen LogP contribution in [0.4, 0.5) is 9.18 Å². The molecule has 3 aromatic carbocycles. The van der Waals surface area contributed by atoms with E-state index in [9.17, 15) is 14.0 Å². The number of ether oxygens (including phenoxy) is 1. The van der Waals surface area contributed by atoms with Gasteiger partial charge in [-0.3, -0.25) is 0 Å².